The van der Waals surface area contributed by atoms with Crippen LogP contribution in [0.3, 0.4) is 0 Å². The van der Waals surface area contributed by atoms with Crippen molar-refractivity contribution in [3.8, 4) is 6.57 Å². The summed E-state index contributed by atoms with van der Waals surface area (Å²) in [5, 5.41) is 6.50. The molecule has 20 valence electrons. The molecule has 4 heavy (non-hydrogen) atoms. The zero-order chi connectivity index (χ0) is 4.00. The van der Waals surface area contributed by atoms with E-state index in [2.05, 4.69) is 14.7 Å². The zero-order valence-electron chi connectivity index (χ0n) is 1.98. The lowest BCUT2D eigenvalue weighted by Gasteiger charge is -1.06. The van der Waals surface area contributed by atoms with Crippen molar-refractivity contribution in [2.24, 2.45) is 0 Å². The number of nitriles is 1. The maximum atomic E-state index is 9.00. The number of rotatable bonds is 0. The van der Waals surface area contributed by atoms with Gasteiger partial charge in [0, 0.05) is 6.57 Å². The van der Waals surface area contributed by atoms with Gasteiger partial charge in [0.15, 0.2) is 0 Å². The zero-order valence-corrected chi connectivity index (χ0v) is 1.98. The Morgan fingerprint density at radius 2 is 1.50 bits per heavy atom. The van der Waals surface area contributed by atoms with E-state index in [-0.39, 0.29) is 0 Å². The second kappa shape index (κ2) is 20.7. The van der Waals surface area contributed by atoms with Crippen LogP contribution in [0.15, 0.2) is 0 Å². The highest BCUT2D eigenvalue weighted by molar-refractivity contribution is 5.96. The molecule has 1 nitrogen and oxygen atoms in total. The molecular formula is CHBFN. The first kappa shape index (κ1) is 9.76. The first-order chi connectivity index (χ1) is 2.00. The molecule has 0 fully saturated rings. The van der Waals surface area contributed by atoms with E-state index in [4.69, 9.17) is 9.58 Å². The predicted octanol–water partition coefficient (Wildman–Crippen LogP) is 0.179. The Labute approximate surface area is 25.5 Å². The van der Waals surface area contributed by atoms with Crippen molar-refractivity contribution in [2.75, 3.05) is 0 Å². The molecule has 0 unspecified atom stereocenters. The summed E-state index contributed by atoms with van der Waals surface area (Å²) in [7, 11) is 3.00. The molecule has 0 aliphatic heterocycles. The van der Waals surface area contributed by atoms with Crippen molar-refractivity contribution in [1.82, 2.24) is 0 Å². The highest BCUT2D eigenvalue weighted by atomic mass is 19.1. The highest BCUT2D eigenvalue weighted by Crippen LogP contribution is 1.10. The van der Waals surface area contributed by atoms with Gasteiger partial charge in [0.1, 0.15) is 0 Å². The number of nitrogens with zero attached hydrogens (tertiary/aromatic N) is 1. The molecule has 0 aromatic rings. The molecule has 0 saturated carbocycles. The van der Waals surface area contributed by atoms with E-state index in [9.17, 15) is 0 Å². The van der Waals surface area contributed by atoms with Crippen LogP contribution in [0.2, 0.25) is 0 Å². The van der Waals surface area contributed by atoms with Gasteiger partial charge in [-0.05, 0) is 0 Å². The van der Waals surface area contributed by atoms with Gasteiger partial charge in [-0.1, -0.05) is 0 Å². The Kier molecular flexibility index (Phi) is 50.4. The molecule has 0 bridgehead atoms. The Balaban J connectivity index is 0. The van der Waals surface area contributed by atoms with Gasteiger partial charge < -0.3 is 4.32 Å². The van der Waals surface area contributed by atoms with Gasteiger partial charge in [-0.3, -0.25) is 0 Å². The van der Waals surface area contributed by atoms with Crippen LogP contribution in [0.4, 0.5) is 4.32 Å². The van der Waals surface area contributed by atoms with E-state index in [0.717, 1.165) is 0 Å². The lowest BCUT2D eigenvalue weighted by Crippen LogP contribution is -1.06. The lowest BCUT2D eigenvalue weighted by molar-refractivity contribution is 0.902. The van der Waals surface area contributed by atoms with Crippen LogP contribution < -0.4 is 0 Å². The average Bonchev–Trinajstić information content (AvgIpc) is 1.50. The van der Waals surface area contributed by atoms with Crippen LogP contribution >= 0.6 is 0 Å². The maximum absolute atomic E-state index is 9.00. The van der Waals surface area contributed by atoms with Crippen molar-refractivity contribution in [3.63, 3.8) is 0 Å². The Morgan fingerprint density at radius 3 is 1.50 bits per heavy atom. The molecule has 2 radical (unpaired) electrons. The molecule has 0 heterocycles. The summed E-state index contributed by atoms with van der Waals surface area (Å²) in [5.41, 5.74) is 0. The number of hydrogen-bond donors (Lipinski definition) is 0. The van der Waals surface area contributed by atoms with Crippen LogP contribution in [0.1, 0.15) is 0 Å². The van der Waals surface area contributed by atoms with Crippen molar-refractivity contribution >= 4 is 8.12 Å². The SMILES string of the molecule is C#N.[B]F. The quantitative estimate of drug-likeness (QED) is 0.364. The normalized spacial score (nSPS) is 1.75. The van der Waals surface area contributed by atoms with Gasteiger partial charge >= 0.3 is 8.12 Å². The van der Waals surface area contributed by atoms with E-state index < -0.39 is 0 Å². The minimum atomic E-state index is 3.00. The molecule has 3 heteroatoms. The van der Waals surface area contributed by atoms with Crippen molar-refractivity contribution in [3.05, 3.63) is 0 Å². The van der Waals surface area contributed by atoms with E-state index in [1.807, 2.05) is 0 Å². The van der Waals surface area contributed by atoms with Crippen molar-refractivity contribution < 1.29 is 4.32 Å². The molecular weight excluding hydrogens is 55.8 g/mol. The van der Waals surface area contributed by atoms with E-state index in [0.29, 0.717) is 0 Å². The third-order valence-corrected chi connectivity index (χ3v) is 0. The predicted molar refractivity (Wildman–Crippen MR) is 13.5 cm³/mol. The van der Waals surface area contributed by atoms with Crippen molar-refractivity contribution in [1.29, 1.82) is 5.26 Å². The van der Waals surface area contributed by atoms with E-state index in [1.54, 1.807) is 0 Å². The minimum absolute atomic E-state index is 3.00. The molecule has 0 rings (SSSR count). The standard InChI is InChI=1S/CHN.BF/c2*1-2/h1H;. The second-order valence-corrected chi connectivity index (χ2v) is 0. The fourth-order valence-electron chi connectivity index (χ4n) is 0. The van der Waals surface area contributed by atoms with E-state index >= 15 is 0 Å². The minimum Gasteiger partial charge on any atom is -0.350 e. The molecule has 0 aliphatic rings. The van der Waals surface area contributed by atoms with Crippen LogP contribution in [0.25, 0.3) is 0 Å². The monoisotopic (exact) mass is 57.0 g/mol. The summed E-state index contributed by atoms with van der Waals surface area (Å²) in [6.45, 7) is 3.50. The summed E-state index contributed by atoms with van der Waals surface area (Å²) < 4.78 is 9.00. The summed E-state index contributed by atoms with van der Waals surface area (Å²) in [5.74, 6) is 0. The van der Waals surface area contributed by atoms with Gasteiger partial charge in [0.2, 0.25) is 0 Å². The smallest absolute Gasteiger partial charge is 0.350 e. The van der Waals surface area contributed by atoms with Gasteiger partial charge in [-0.2, -0.15) is 0 Å². The van der Waals surface area contributed by atoms with Gasteiger partial charge in [0.25, 0.3) is 0 Å². The van der Waals surface area contributed by atoms with Gasteiger partial charge in [0.05, 0.1) is 0 Å². The van der Waals surface area contributed by atoms with Gasteiger partial charge in [-0.25, -0.2) is 5.26 Å². The average molecular weight is 56.8 g/mol. The molecule has 0 saturated heterocycles. The number of hydrogen-bond acceptors (Lipinski definition) is 1. The molecule has 0 aromatic carbocycles. The topological polar surface area (TPSA) is 23.8 Å². The third kappa shape index (κ3) is 1.32. The molecule has 0 spiro atoms. The summed E-state index contributed by atoms with van der Waals surface area (Å²) in [4.78, 5) is 0. The summed E-state index contributed by atoms with van der Waals surface area (Å²) in [6, 6.07) is 0. The maximum Gasteiger partial charge on any atom is 0.350 e. The summed E-state index contributed by atoms with van der Waals surface area (Å²) in [6.07, 6.45) is 0. The first-order valence-corrected chi connectivity index (χ1v) is 0.476. The fraction of sp³-hybridized carbons (Fsp3) is 0. The Morgan fingerprint density at radius 1 is 1.50 bits per heavy atom. The largest absolute Gasteiger partial charge is 0.350 e. The van der Waals surface area contributed by atoms with E-state index in [1.165, 1.54) is 0 Å². The fourth-order valence-corrected chi connectivity index (χ4v) is 0. The second-order valence-electron chi connectivity index (χ2n) is 0. The highest BCUT2D eigenvalue weighted by Gasteiger charge is 1.06. The molecule has 0 aliphatic carbocycles. The van der Waals surface area contributed by atoms with Crippen LogP contribution in [-0.2, 0) is 0 Å². The van der Waals surface area contributed by atoms with Crippen LogP contribution in [0.5, 0.6) is 0 Å². The molecule has 0 atom stereocenters. The Bertz CT molecular complexity index is 12.8. The lowest BCUT2D eigenvalue weighted by atomic mass is 10.7. The molecule has 0 aromatic heterocycles. The van der Waals surface area contributed by atoms with Crippen LogP contribution in [0, 0.1) is 11.8 Å². The third-order valence-electron chi connectivity index (χ3n) is 0. The van der Waals surface area contributed by atoms with Gasteiger partial charge in [-0.15, -0.1) is 0 Å². The number of halogens is 1. The first-order valence-electron chi connectivity index (χ1n) is 0.476. The molecule has 0 amide bonds. The molecule has 0 N–H and O–H groups in total. The summed E-state index contributed by atoms with van der Waals surface area (Å²) >= 11 is 0. The van der Waals surface area contributed by atoms with Crippen molar-refractivity contribution in [2.45, 2.75) is 0 Å². The van der Waals surface area contributed by atoms with Crippen LogP contribution in [-0.4, -0.2) is 8.12 Å². The Hall–Kier alpha value is -0.515.